The summed E-state index contributed by atoms with van der Waals surface area (Å²) in [5.74, 6) is -0.523. The molecule has 4 nitrogen and oxygen atoms in total. The summed E-state index contributed by atoms with van der Waals surface area (Å²) in [5.41, 5.74) is 6.69. The Balaban J connectivity index is 1.71. The van der Waals surface area contributed by atoms with Crippen LogP contribution in [-0.4, -0.2) is 29.9 Å². The highest BCUT2D eigenvalue weighted by Crippen LogP contribution is 2.54. The minimum atomic E-state index is -0.954. The van der Waals surface area contributed by atoms with Crippen LogP contribution in [0.25, 0.3) is 10.9 Å². The molecule has 25 heavy (non-hydrogen) atoms. The fourth-order valence-electron chi connectivity index (χ4n) is 4.21. The molecule has 3 fully saturated rings. The van der Waals surface area contributed by atoms with E-state index in [0.29, 0.717) is 25.0 Å². The number of benzene rings is 1. The number of nitrogens with two attached hydrogens (primary N) is 1. The van der Waals surface area contributed by atoms with Gasteiger partial charge in [0.15, 0.2) is 5.43 Å². The summed E-state index contributed by atoms with van der Waals surface area (Å²) in [6.45, 7) is 1.21. The molecule has 2 aromatic rings. The Hall–Kier alpha value is -1.66. The van der Waals surface area contributed by atoms with Gasteiger partial charge in [0.05, 0.1) is 27.7 Å². The van der Waals surface area contributed by atoms with Gasteiger partial charge in [-0.15, -0.1) is 0 Å². The van der Waals surface area contributed by atoms with Crippen molar-refractivity contribution in [1.82, 2.24) is 4.57 Å². The topological polar surface area (TPSA) is 51.3 Å². The summed E-state index contributed by atoms with van der Waals surface area (Å²) in [5, 5.41) is 0.370. The van der Waals surface area contributed by atoms with Gasteiger partial charge in [0.2, 0.25) is 0 Å². The molecule has 0 amide bonds. The van der Waals surface area contributed by atoms with Crippen LogP contribution >= 0.6 is 11.6 Å². The Labute approximate surface area is 148 Å². The first-order chi connectivity index (χ1) is 11.9. The van der Waals surface area contributed by atoms with Crippen molar-refractivity contribution >= 4 is 28.2 Å². The average molecular weight is 366 g/mol. The molecule has 1 spiro atoms. The number of alkyl halides is 1. The summed E-state index contributed by atoms with van der Waals surface area (Å²) >= 11 is 6.58. The lowest BCUT2D eigenvalue weighted by molar-refractivity contribution is 0.444. The maximum atomic E-state index is 14.8. The minimum absolute atomic E-state index is 0.00437. The van der Waals surface area contributed by atoms with Gasteiger partial charge in [-0.25, -0.2) is 8.78 Å². The zero-order valence-electron chi connectivity index (χ0n) is 13.5. The molecular weight excluding hydrogens is 348 g/mol. The van der Waals surface area contributed by atoms with Crippen LogP contribution in [0.15, 0.2) is 23.1 Å². The molecule has 1 saturated heterocycles. The number of pyridine rings is 1. The van der Waals surface area contributed by atoms with E-state index in [9.17, 15) is 13.6 Å². The van der Waals surface area contributed by atoms with Crippen LogP contribution < -0.4 is 16.1 Å². The Morgan fingerprint density at radius 3 is 2.68 bits per heavy atom. The van der Waals surface area contributed by atoms with Crippen molar-refractivity contribution in [3.8, 4) is 0 Å². The molecule has 3 atom stereocenters. The fraction of sp³-hybridized carbons (Fsp3) is 0.500. The van der Waals surface area contributed by atoms with Crippen LogP contribution in [0.4, 0.5) is 14.5 Å². The fourth-order valence-corrected chi connectivity index (χ4v) is 4.62. The van der Waals surface area contributed by atoms with Gasteiger partial charge in [-0.2, -0.15) is 0 Å². The van der Waals surface area contributed by atoms with Crippen LogP contribution in [-0.2, 0) is 0 Å². The Morgan fingerprint density at radius 2 is 2.08 bits per heavy atom. The highest BCUT2D eigenvalue weighted by atomic mass is 35.5. The SMILES string of the molecule is N[C@@H]1CN(c2c(F)cc3c(=O)ccn([C@@H]4C[C@@H]4F)c3c2Cl)CC12CC2. The predicted octanol–water partition coefficient (Wildman–Crippen LogP) is 3.00. The smallest absolute Gasteiger partial charge is 0.189 e. The molecule has 0 unspecified atom stereocenters. The lowest BCUT2D eigenvalue weighted by Crippen LogP contribution is -2.30. The van der Waals surface area contributed by atoms with E-state index in [1.54, 1.807) is 10.8 Å². The normalized spacial score (nSPS) is 29.6. The predicted molar refractivity (Wildman–Crippen MR) is 93.6 cm³/mol. The molecule has 1 aromatic carbocycles. The molecule has 2 saturated carbocycles. The van der Waals surface area contributed by atoms with E-state index in [0.717, 1.165) is 12.8 Å². The number of hydrogen-bond donors (Lipinski definition) is 1. The average Bonchev–Trinajstić information content (AvgIpc) is 3.44. The summed E-state index contributed by atoms with van der Waals surface area (Å²) < 4.78 is 30.1. The summed E-state index contributed by atoms with van der Waals surface area (Å²) in [6.07, 6.45) is 3.09. The molecule has 2 heterocycles. The third kappa shape index (κ3) is 2.16. The van der Waals surface area contributed by atoms with Gasteiger partial charge in [0.25, 0.3) is 0 Å². The van der Waals surface area contributed by atoms with E-state index < -0.39 is 12.0 Å². The van der Waals surface area contributed by atoms with Gasteiger partial charge < -0.3 is 15.2 Å². The molecule has 0 radical (unpaired) electrons. The van der Waals surface area contributed by atoms with Gasteiger partial charge in [-0.3, -0.25) is 4.79 Å². The largest absolute Gasteiger partial charge is 0.366 e. The van der Waals surface area contributed by atoms with E-state index >= 15 is 0 Å². The van der Waals surface area contributed by atoms with Crippen molar-refractivity contribution in [1.29, 1.82) is 0 Å². The number of halogens is 3. The van der Waals surface area contributed by atoms with E-state index in [-0.39, 0.29) is 39.0 Å². The van der Waals surface area contributed by atoms with E-state index in [1.807, 2.05) is 4.90 Å². The second kappa shape index (κ2) is 4.95. The van der Waals surface area contributed by atoms with Crippen LogP contribution in [0.2, 0.25) is 5.02 Å². The van der Waals surface area contributed by atoms with Gasteiger partial charge in [0.1, 0.15) is 12.0 Å². The van der Waals surface area contributed by atoms with Crippen molar-refractivity contribution in [3.05, 3.63) is 39.4 Å². The zero-order chi connectivity index (χ0) is 17.5. The third-order valence-corrected chi connectivity index (χ3v) is 6.39. The molecule has 7 heteroatoms. The monoisotopic (exact) mass is 365 g/mol. The quantitative estimate of drug-likeness (QED) is 0.890. The zero-order valence-corrected chi connectivity index (χ0v) is 14.3. The van der Waals surface area contributed by atoms with E-state index in [1.165, 1.54) is 12.1 Å². The van der Waals surface area contributed by atoms with Crippen molar-refractivity contribution in [3.63, 3.8) is 0 Å². The van der Waals surface area contributed by atoms with E-state index in [2.05, 4.69) is 0 Å². The second-order valence-corrected chi connectivity index (χ2v) is 8.05. The van der Waals surface area contributed by atoms with Gasteiger partial charge >= 0.3 is 0 Å². The molecule has 2 aliphatic carbocycles. The number of rotatable bonds is 2. The lowest BCUT2D eigenvalue weighted by Gasteiger charge is -2.23. The Kier molecular flexibility index (Phi) is 3.08. The maximum Gasteiger partial charge on any atom is 0.189 e. The number of anilines is 1. The lowest BCUT2D eigenvalue weighted by atomic mass is 10.0. The number of aromatic nitrogens is 1. The number of nitrogens with zero attached hydrogens (tertiary/aromatic N) is 2. The molecule has 1 aliphatic heterocycles. The van der Waals surface area contributed by atoms with Crippen molar-refractivity contribution < 1.29 is 8.78 Å². The minimum Gasteiger partial charge on any atom is -0.366 e. The summed E-state index contributed by atoms with van der Waals surface area (Å²) in [7, 11) is 0. The van der Waals surface area contributed by atoms with Crippen LogP contribution in [0.3, 0.4) is 0 Å². The Morgan fingerprint density at radius 1 is 1.36 bits per heavy atom. The second-order valence-electron chi connectivity index (χ2n) is 7.67. The third-order valence-electron chi connectivity index (χ3n) is 6.03. The van der Waals surface area contributed by atoms with Gasteiger partial charge in [-0.1, -0.05) is 11.6 Å². The van der Waals surface area contributed by atoms with Crippen LogP contribution in [0.1, 0.15) is 25.3 Å². The van der Waals surface area contributed by atoms with Gasteiger partial charge in [0, 0.05) is 43.2 Å². The molecule has 3 aliphatic rings. The highest BCUT2D eigenvalue weighted by Gasteiger charge is 2.54. The molecule has 2 N–H and O–H groups in total. The maximum absolute atomic E-state index is 14.8. The summed E-state index contributed by atoms with van der Waals surface area (Å²) in [4.78, 5) is 14.1. The molecule has 5 rings (SSSR count). The van der Waals surface area contributed by atoms with Crippen molar-refractivity contribution in [2.45, 2.75) is 37.5 Å². The number of hydrogen-bond acceptors (Lipinski definition) is 3. The van der Waals surface area contributed by atoms with Crippen LogP contribution in [0, 0.1) is 11.2 Å². The van der Waals surface area contributed by atoms with Gasteiger partial charge in [-0.05, 0) is 18.9 Å². The van der Waals surface area contributed by atoms with Crippen molar-refractivity contribution in [2.24, 2.45) is 11.1 Å². The first-order valence-electron chi connectivity index (χ1n) is 8.59. The summed E-state index contributed by atoms with van der Waals surface area (Å²) in [6, 6.07) is 2.23. The molecule has 132 valence electrons. The van der Waals surface area contributed by atoms with Crippen LogP contribution in [0.5, 0.6) is 0 Å². The highest BCUT2D eigenvalue weighted by molar-refractivity contribution is 6.38. The van der Waals surface area contributed by atoms with E-state index in [4.69, 9.17) is 17.3 Å². The molecule has 1 aromatic heterocycles. The molecular formula is C18H18ClF2N3O. The molecule has 0 bridgehead atoms. The Bertz CT molecular complexity index is 955. The standard InChI is InChI=1S/C18H18ClF2N3O/c19-15-16-9(13(25)1-4-24(16)12-6-10(12)20)5-11(21)17(15)23-7-14(22)18(8-23)2-3-18/h1,4-5,10,12,14H,2-3,6-8,22H2/t10-,12+,14+/m0/s1. The number of fused-ring (bicyclic) bond motifs is 1. The first kappa shape index (κ1) is 15.6. The first-order valence-corrected chi connectivity index (χ1v) is 8.96. The van der Waals surface area contributed by atoms with Crippen molar-refractivity contribution in [2.75, 3.05) is 18.0 Å².